The Morgan fingerprint density at radius 3 is 2.72 bits per heavy atom. The predicted molar refractivity (Wildman–Crippen MR) is 73.9 cm³/mol. The van der Waals surface area contributed by atoms with Gasteiger partial charge in [-0.25, -0.2) is 0 Å². The fraction of sp³-hybridized carbons (Fsp3) is 0.0625. The summed E-state index contributed by atoms with van der Waals surface area (Å²) >= 11 is 0. The first-order valence-corrected chi connectivity index (χ1v) is 5.91. The molecule has 2 aromatic carbocycles. The summed E-state index contributed by atoms with van der Waals surface area (Å²) in [6, 6.07) is 14.2. The van der Waals surface area contributed by atoms with Crippen molar-refractivity contribution in [2.24, 2.45) is 0 Å². The second-order valence-corrected chi connectivity index (χ2v) is 4.47. The molecule has 1 aromatic heterocycles. The third-order valence-electron chi connectivity index (χ3n) is 3.25. The second kappa shape index (κ2) is 4.15. The Labute approximate surface area is 105 Å². The van der Waals surface area contributed by atoms with Crippen LogP contribution in [0.5, 0.6) is 0 Å². The molecular formula is C16H13NO. The molecule has 2 nitrogen and oxygen atoms in total. The number of aryl methyl sites for hydroxylation is 1. The highest BCUT2D eigenvalue weighted by Crippen LogP contribution is 2.27. The van der Waals surface area contributed by atoms with Gasteiger partial charge in [0.25, 0.3) is 0 Å². The maximum absolute atomic E-state index is 10.7. The van der Waals surface area contributed by atoms with E-state index in [0.717, 1.165) is 22.9 Å². The zero-order valence-corrected chi connectivity index (χ0v) is 10.1. The van der Waals surface area contributed by atoms with E-state index in [1.54, 1.807) is 0 Å². The number of hydrogen-bond acceptors (Lipinski definition) is 1. The van der Waals surface area contributed by atoms with Crippen LogP contribution >= 0.6 is 0 Å². The van der Waals surface area contributed by atoms with Crippen molar-refractivity contribution in [3.63, 3.8) is 0 Å². The van der Waals surface area contributed by atoms with Crippen molar-refractivity contribution in [1.82, 2.24) is 4.98 Å². The van der Waals surface area contributed by atoms with Crippen LogP contribution in [-0.2, 0) is 0 Å². The molecule has 2 heteroatoms. The molecule has 0 fully saturated rings. The predicted octanol–water partition coefficient (Wildman–Crippen LogP) is 3.96. The van der Waals surface area contributed by atoms with E-state index < -0.39 is 0 Å². The van der Waals surface area contributed by atoms with Crippen molar-refractivity contribution in [3.05, 3.63) is 59.8 Å². The van der Waals surface area contributed by atoms with Gasteiger partial charge in [-0.15, -0.1) is 0 Å². The maximum atomic E-state index is 10.7. The van der Waals surface area contributed by atoms with Crippen molar-refractivity contribution in [2.45, 2.75) is 6.92 Å². The van der Waals surface area contributed by atoms with Gasteiger partial charge in [-0.2, -0.15) is 0 Å². The number of hydrogen-bond donors (Lipinski definition) is 1. The topological polar surface area (TPSA) is 32.9 Å². The van der Waals surface area contributed by atoms with Crippen LogP contribution < -0.4 is 0 Å². The van der Waals surface area contributed by atoms with Crippen LogP contribution in [0.3, 0.4) is 0 Å². The fourth-order valence-corrected chi connectivity index (χ4v) is 2.30. The molecule has 0 radical (unpaired) electrons. The fourth-order valence-electron chi connectivity index (χ4n) is 2.30. The number of fused-ring (bicyclic) bond motifs is 1. The van der Waals surface area contributed by atoms with E-state index >= 15 is 0 Å². The number of aldehydes is 1. The summed E-state index contributed by atoms with van der Waals surface area (Å²) in [5.74, 6) is 0. The SMILES string of the molecule is Cc1cc(C=O)ccc1-c1ccc2[nH]ccc2c1. The molecule has 0 amide bonds. The Balaban J connectivity index is 2.15. The Morgan fingerprint density at radius 2 is 1.94 bits per heavy atom. The van der Waals surface area contributed by atoms with E-state index in [-0.39, 0.29) is 0 Å². The van der Waals surface area contributed by atoms with Crippen molar-refractivity contribution in [2.75, 3.05) is 0 Å². The Bertz CT molecular complexity index is 725. The van der Waals surface area contributed by atoms with E-state index in [2.05, 4.69) is 29.2 Å². The smallest absolute Gasteiger partial charge is 0.150 e. The number of benzene rings is 2. The number of carbonyl (C=O) groups excluding carboxylic acids is 1. The normalized spacial score (nSPS) is 10.7. The van der Waals surface area contributed by atoms with E-state index in [4.69, 9.17) is 0 Å². The number of H-pyrrole nitrogens is 1. The molecule has 3 aromatic rings. The molecular weight excluding hydrogens is 222 g/mol. The lowest BCUT2D eigenvalue weighted by molar-refractivity contribution is 0.112. The van der Waals surface area contributed by atoms with Gasteiger partial charge in [-0.1, -0.05) is 18.2 Å². The molecule has 1 N–H and O–H groups in total. The summed E-state index contributed by atoms with van der Waals surface area (Å²) in [6.45, 7) is 2.03. The molecule has 0 atom stereocenters. The van der Waals surface area contributed by atoms with E-state index in [9.17, 15) is 4.79 Å². The van der Waals surface area contributed by atoms with Crippen molar-refractivity contribution >= 4 is 17.2 Å². The Morgan fingerprint density at radius 1 is 1.06 bits per heavy atom. The second-order valence-electron chi connectivity index (χ2n) is 4.47. The average molecular weight is 235 g/mol. The number of rotatable bonds is 2. The molecule has 0 saturated carbocycles. The van der Waals surface area contributed by atoms with Crippen molar-refractivity contribution < 1.29 is 4.79 Å². The van der Waals surface area contributed by atoms with Gasteiger partial charge in [0, 0.05) is 17.3 Å². The van der Waals surface area contributed by atoms with Gasteiger partial charge < -0.3 is 4.98 Å². The van der Waals surface area contributed by atoms with Crippen LogP contribution in [0.4, 0.5) is 0 Å². The summed E-state index contributed by atoms with van der Waals surface area (Å²) in [5.41, 5.74) is 5.33. The number of aromatic nitrogens is 1. The molecule has 0 aliphatic rings. The van der Waals surface area contributed by atoms with Crippen molar-refractivity contribution in [3.8, 4) is 11.1 Å². The van der Waals surface area contributed by atoms with E-state index in [1.165, 1.54) is 16.5 Å². The summed E-state index contributed by atoms with van der Waals surface area (Å²) in [5, 5.41) is 1.20. The van der Waals surface area contributed by atoms with E-state index in [0.29, 0.717) is 0 Å². The van der Waals surface area contributed by atoms with Gasteiger partial charge in [0.2, 0.25) is 0 Å². The number of nitrogens with one attached hydrogen (secondary N) is 1. The average Bonchev–Trinajstić information content (AvgIpc) is 2.85. The van der Waals surface area contributed by atoms with Gasteiger partial charge >= 0.3 is 0 Å². The summed E-state index contributed by atoms with van der Waals surface area (Å²) in [7, 11) is 0. The van der Waals surface area contributed by atoms with Crippen LogP contribution in [-0.4, -0.2) is 11.3 Å². The number of carbonyl (C=O) groups is 1. The molecule has 0 saturated heterocycles. The molecule has 0 spiro atoms. The van der Waals surface area contributed by atoms with Crippen LogP contribution in [0.2, 0.25) is 0 Å². The molecule has 3 rings (SSSR count). The van der Waals surface area contributed by atoms with Gasteiger partial charge in [-0.05, 0) is 53.3 Å². The summed E-state index contributed by atoms with van der Waals surface area (Å²) < 4.78 is 0. The monoisotopic (exact) mass is 235 g/mol. The lowest BCUT2D eigenvalue weighted by atomic mass is 9.98. The minimum Gasteiger partial charge on any atom is -0.361 e. The molecule has 0 aliphatic heterocycles. The highest BCUT2D eigenvalue weighted by Gasteiger charge is 2.04. The standard InChI is InChI=1S/C16H13NO/c1-11-8-12(10-18)2-4-15(11)13-3-5-16-14(9-13)6-7-17-16/h2-10,17H,1H3. The maximum Gasteiger partial charge on any atom is 0.150 e. The minimum atomic E-state index is 0.721. The summed E-state index contributed by atoms with van der Waals surface area (Å²) in [4.78, 5) is 13.9. The minimum absolute atomic E-state index is 0.721. The van der Waals surface area contributed by atoms with Crippen molar-refractivity contribution in [1.29, 1.82) is 0 Å². The zero-order valence-electron chi connectivity index (χ0n) is 10.1. The largest absolute Gasteiger partial charge is 0.361 e. The lowest BCUT2D eigenvalue weighted by Gasteiger charge is -2.07. The molecule has 0 unspecified atom stereocenters. The van der Waals surface area contributed by atoms with Gasteiger partial charge in [0.1, 0.15) is 6.29 Å². The molecule has 1 heterocycles. The van der Waals surface area contributed by atoms with Crippen LogP contribution in [0.1, 0.15) is 15.9 Å². The zero-order chi connectivity index (χ0) is 12.5. The molecule has 88 valence electrons. The van der Waals surface area contributed by atoms with Crippen LogP contribution in [0.15, 0.2) is 48.7 Å². The van der Waals surface area contributed by atoms with Crippen LogP contribution in [0, 0.1) is 6.92 Å². The molecule has 0 aliphatic carbocycles. The first-order chi connectivity index (χ1) is 8.78. The highest BCUT2D eigenvalue weighted by atomic mass is 16.1. The third-order valence-corrected chi connectivity index (χ3v) is 3.25. The van der Waals surface area contributed by atoms with Crippen LogP contribution in [0.25, 0.3) is 22.0 Å². The third kappa shape index (κ3) is 1.72. The molecule has 0 bridgehead atoms. The first kappa shape index (κ1) is 10.8. The summed E-state index contributed by atoms with van der Waals surface area (Å²) in [6.07, 6.45) is 2.82. The Kier molecular flexibility index (Phi) is 2.49. The first-order valence-electron chi connectivity index (χ1n) is 5.91. The lowest BCUT2D eigenvalue weighted by Crippen LogP contribution is -1.87. The van der Waals surface area contributed by atoms with Gasteiger partial charge in [0.05, 0.1) is 0 Å². The van der Waals surface area contributed by atoms with Gasteiger partial charge in [0.15, 0.2) is 0 Å². The van der Waals surface area contributed by atoms with E-state index in [1.807, 2.05) is 31.3 Å². The highest BCUT2D eigenvalue weighted by molar-refractivity contribution is 5.86. The Hall–Kier alpha value is -2.35. The molecule has 18 heavy (non-hydrogen) atoms. The van der Waals surface area contributed by atoms with Gasteiger partial charge in [-0.3, -0.25) is 4.79 Å². The quantitative estimate of drug-likeness (QED) is 0.670. The number of aromatic amines is 1.